The van der Waals surface area contributed by atoms with E-state index in [2.05, 4.69) is 211 Å². The summed E-state index contributed by atoms with van der Waals surface area (Å²) >= 11 is 0. The molecule has 0 unspecified atom stereocenters. The minimum Gasteiger partial charge on any atom is -0.436 e. The van der Waals surface area contributed by atoms with Crippen LogP contribution in [0.2, 0.25) is 0 Å². The summed E-state index contributed by atoms with van der Waals surface area (Å²) in [5, 5.41) is 2.51. The first-order chi connectivity index (χ1) is 29.3. The fourth-order valence-electron chi connectivity index (χ4n) is 10.4. The van der Waals surface area contributed by atoms with Crippen molar-refractivity contribution in [2.45, 2.75) is 5.41 Å². The molecule has 1 spiro atoms. The van der Waals surface area contributed by atoms with Gasteiger partial charge in [0.25, 0.3) is 0 Å². The zero-order chi connectivity index (χ0) is 38.7. The molecular weight excluding hydrogens is 717 g/mol. The minimum absolute atomic E-state index is 0.551. The van der Waals surface area contributed by atoms with Crippen molar-refractivity contribution in [3.05, 3.63) is 229 Å². The Morgan fingerprint density at radius 2 is 0.915 bits per heavy atom. The highest BCUT2D eigenvalue weighted by Crippen LogP contribution is 2.63. The Hall–Kier alpha value is -7.75. The minimum atomic E-state index is -0.551. The van der Waals surface area contributed by atoms with Gasteiger partial charge in [-0.15, -0.1) is 0 Å². The molecule has 0 bridgehead atoms. The molecule has 2 aliphatic rings. The van der Waals surface area contributed by atoms with Crippen LogP contribution in [-0.2, 0) is 5.41 Å². The Balaban J connectivity index is 1.06. The normalized spacial score (nSPS) is 13.2. The molecule has 11 aromatic rings. The second-order valence-electron chi connectivity index (χ2n) is 15.8. The third-order valence-corrected chi connectivity index (χ3v) is 12.8. The predicted molar refractivity (Wildman–Crippen MR) is 241 cm³/mol. The van der Waals surface area contributed by atoms with Gasteiger partial charge in [0, 0.05) is 27.6 Å². The van der Waals surface area contributed by atoms with Crippen molar-refractivity contribution in [3.8, 4) is 61.6 Å². The molecule has 0 N–H and O–H groups in total. The van der Waals surface area contributed by atoms with Crippen LogP contribution >= 0.6 is 0 Å². The molecule has 2 heterocycles. The van der Waals surface area contributed by atoms with Crippen LogP contribution in [0.15, 0.2) is 211 Å². The fraction of sp³-hybridized carbons (Fsp3) is 0.0179. The van der Waals surface area contributed by atoms with Crippen molar-refractivity contribution in [2.24, 2.45) is 0 Å². The highest BCUT2D eigenvalue weighted by Gasteiger charge is 2.52. The van der Waals surface area contributed by atoms with Gasteiger partial charge in [-0.3, -0.25) is 0 Å². The van der Waals surface area contributed by atoms with Gasteiger partial charge in [0.2, 0.25) is 5.89 Å². The lowest BCUT2D eigenvalue weighted by Gasteiger charge is -2.31. The van der Waals surface area contributed by atoms with Crippen molar-refractivity contribution < 1.29 is 4.42 Å². The smallest absolute Gasteiger partial charge is 0.227 e. The first kappa shape index (κ1) is 32.3. The fourth-order valence-corrected chi connectivity index (χ4v) is 10.4. The van der Waals surface area contributed by atoms with E-state index in [0.717, 1.165) is 44.6 Å². The SMILES string of the molecule is c1ccc(-c2cc(-c3ccccc3)c3nc(-c4ccc5c(c4)C4(c6ccccc6-c6ccccc64)c4cc(-n6c7ccccc7c7ccccc76)ccc4-5)oc3c2)cc1. The van der Waals surface area contributed by atoms with Crippen LogP contribution in [0.4, 0.5) is 0 Å². The summed E-state index contributed by atoms with van der Waals surface area (Å²) in [4.78, 5) is 5.31. The molecule has 0 amide bonds. The molecular formula is C56H34N2O. The van der Waals surface area contributed by atoms with Crippen molar-refractivity contribution in [1.82, 2.24) is 9.55 Å². The van der Waals surface area contributed by atoms with Gasteiger partial charge in [0.1, 0.15) is 5.52 Å². The highest BCUT2D eigenvalue weighted by atomic mass is 16.3. The molecule has 0 radical (unpaired) electrons. The van der Waals surface area contributed by atoms with Gasteiger partial charge in [-0.05, 0) is 110 Å². The standard InChI is InChI=1S/C56H34N2O/c1-3-15-35(16-4-1)38-31-46(36-17-5-2-6-18-36)54-53(33-38)59-55(57-54)37-27-29-42-43-30-28-39(58-51-25-13-9-21-44(51)45-22-10-14-26-52(45)58)34-50(43)56(49(42)32-37)47-23-11-7-19-40(47)41-20-8-12-24-48(41)56/h1-34H. The number of aromatic nitrogens is 2. The maximum atomic E-state index is 6.84. The Morgan fingerprint density at radius 3 is 1.59 bits per heavy atom. The molecule has 274 valence electrons. The summed E-state index contributed by atoms with van der Waals surface area (Å²) in [6.45, 7) is 0. The average molecular weight is 751 g/mol. The number of hydrogen-bond acceptors (Lipinski definition) is 2. The summed E-state index contributed by atoms with van der Waals surface area (Å²) < 4.78 is 9.28. The third kappa shape index (κ3) is 4.44. The zero-order valence-corrected chi connectivity index (χ0v) is 31.9. The van der Waals surface area contributed by atoms with E-state index in [-0.39, 0.29) is 0 Å². The topological polar surface area (TPSA) is 31.0 Å². The van der Waals surface area contributed by atoms with E-state index < -0.39 is 5.41 Å². The van der Waals surface area contributed by atoms with Crippen LogP contribution in [0.25, 0.3) is 94.6 Å². The molecule has 0 saturated carbocycles. The number of benzene rings is 9. The van der Waals surface area contributed by atoms with Gasteiger partial charge in [-0.25, -0.2) is 4.98 Å². The number of oxazole rings is 1. The van der Waals surface area contributed by atoms with Crippen LogP contribution < -0.4 is 0 Å². The van der Waals surface area contributed by atoms with E-state index in [1.54, 1.807) is 0 Å². The Labute approximate surface area is 341 Å². The first-order valence-corrected chi connectivity index (χ1v) is 20.3. The summed E-state index contributed by atoms with van der Waals surface area (Å²) in [5.74, 6) is 0.613. The van der Waals surface area contributed by atoms with Gasteiger partial charge in [-0.1, -0.05) is 158 Å². The number of nitrogens with zero attached hydrogens (tertiary/aromatic N) is 2. The zero-order valence-electron chi connectivity index (χ0n) is 31.9. The molecule has 3 heteroatoms. The van der Waals surface area contributed by atoms with Crippen molar-refractivity contribution in [1.29, 1.82) is 0 Å². The number of rotatable bonds is 4. The van der Waals surface area contributed by atoms with Gasteiger partial charge in [-0.2, -0.15) is 0 Å². The highest BCUT2D eigenvalue weighted by molar-refractivity contribution is 6.09. The molecule has 13 rings (SSSR count). The molecule has 9 aromatic carbocycles. The maximum Gasteiger partial charge on any atom is 0.227 e. The summed E-state index contributed by atoms with van der Waals surface area (Å²) in [5.41, 5.74) is 20.2. The second kappa shape index (κ2) is 12.1. The van der Waals surface area contributed by atoms with Gasteiger partial charge in [0.15, 0.2) is 5.58 Å². The van der Waals surface area contributed by atoms with Crippen LogP contribution in [0.5, 0.6) is 0 Å². The quantitative estimate of drug-likeness (QED) is 0.179. The third-order valence-electron chi connectivity index (χ3n) is 12.8. The van der Waals surface area contributed by atoms with Crippen molar-refractivity contribution in [2.75, 3.05) is 0 Å². The number of para-hydroxylation sites is 2. The maximum absolute atomic E-state index is 6.84. The molecule has 3 nitrogen and oxygen atoms in total. The lowest BCUT2D eigenvalue weighted by Crippen LogP contribution is -2.26. The van der Waals surface area contributed by atoms with Crippen LogP contribution in [-0.4, -0.2) is 9.55 Å². The van der Waals surface area contributed by atoms with Gasteiger partial charge < -0.3 is 8.98 Å². The second-order valence-corrected chi connectivity index (χ2v) is 15.8. The number of hydrogen-bond donors (Lipinski definition) is 0. The molecule has 0 atom stereocenters. The van der Waals surface area contributed by atoms with Crippen LogP contribution in [0, 0.1) is 0 Å². The predicted octanol–water partition coefficient (Wildman–Crippen LogP) is 14.3. The van der Waals surface area contributed by atoms with E-state index in [0.29, 0.717) is 5.89 Å². The Kier molecular flexibility index (Phi) is 6.65. The Morgan fingerprint density at radius 1 is 0.373 bits per heavy atom. The summed E-state index contributed by atoms with van der Waals surface area (Å²) in [6, 6.07) is 74.9. The molecule has 0 aliphatic heterocycles. The van der Waals surface area contributed by atoms with E-state index in [4.69, 9.17) is 9.40 Å². The van der Waals surface area contributed by atoms with Crippen molar-refractivity contribution in [3.63, 3.8) is 0 Å². The molecule has 59 heavy (non-hydrogen) atoms. The summed E-state index contributed by atoms with van der Waals surface area (Å²) in [6.07, 6.45) is 0. The average Bonchev–Trinajstić information content (AvgIpc) is 4.05. The lowest BCUT2D eigenvalue weighted by molar-refractivity contribution is 0.619. The van der Waals surface area contributed by atoms with Crippen molar-refractivity contribution >= 4 is 32.9 Å². The summed E-state index contributed by atoms with van der Waals surface area (Å²) in [7, 11) is 0. The molecule has 2 aromatic heterocycles. The first-order valence-electron chi connectivity index (χ1n) is 20.3. The monoisotopic (exact) mass is 750 g/mol. The van der Waals surface area contributed by atoms with Crippen LogP contribution in [0.1, 0.15) is 22.3 Å². The van der Waals surface area contributed by atoms with Crippen LogP contribution in [0.3, 0.4) is 0 Å². The van der Waals surface area contributed by atoms with E-state index in [9.17, 15) is 0 Å². The van der Waals surface area contributed by atoms with E-state index in [1.807, 2.05) is 0 Å². The van der Waals surface area contributed by atoms with Gasteiger partial charge >= 0.3 is 0 Å². The van der Waals surface area contributed by atoms with Gasteiger partial charge in [0.05, 0.1) is 16.4 Å². The molecule has 2 aliphatic carbocycles. The molecule has 0 saturated heterocycles. The largest absolute Gasteiger partial charge is 0.436 e. The van der Waals surface area contributed by atoms with E-state index in [1.165, 1.54) is 66.3 Å². The molecule has 0 fully saturated rings. The number of fused-ring (bicyclic) bond motifs is 14. The lowest BCUT2D eigenvalue weighted by atomic mass is 9.70. The van der Waals surface area contributed by atoms with E-state index >= 15 is 0 Å². The Bertz CT molecular complexity index is 3400.